The van der Waals surface area contributed by atoms with Crippen molar-refractivity contribution in [2.24, 2.45) is 35.5 Å². The maximum Gasteiger partial charge on any atom is 0.200 e. The normalized spacial score (nSPS) is 36.8. The highest BCUT2D eigenvalue weighted by molar-refractivity contribution is 5.33. The first-order valence-electron chi connectivity index (χ1n) is 15.9. The first-order chi connectivity index (χ1) is 18.6. The predicted molar refractivity (Wildman–Crippen MR) is 150 cm³/mol. The summed E-state index contributed by atoms with van der Waals surface area (Å²) < 4.78 is 40.9. The van der Waals surface area contributed by atoms with Gasteiger partial charge in [-0.2, -0.15) is 4.39 Å². The number of ether oxygens (including phenoxy) is 2. The molecule has 4 heteroatoms. The standard InChI is InChI=1S/C34H50F2O2/c1-3-5-23-6-8-24(9-7-23)25-12-16-28(17-13-25)31-20-18-29(22-38-31)26-10-14-27(15-11-26)30-19-21-32(37-4-2)34(36)33(30)35/h3,5,19,21,23-29,31H,4,6-18,20,22H2,1-2H3/b5-3+. The smallest absolute Gasteiger partial charge is 0.200 e. The van der Waals surface area contributed by atoms with Crippen molar-refractivity contribution in [3.63, 3.8) is 0 Å². The topological polar surface area (TPSA) is 18.5 Å². The molecule has 38 heavy (non-hydrogen) atoms. The first kappa shape index (κ1) is 28.1. The van der Waals surface area contributed by atoms with Gasteiger partial charge in [-0.3, -0.25) is 0 Å². The van der Waals surface area contributed by atoms with Crippen LogP contribution in [0, 0.1) is 47.1 Å². The third-order valence-electron chi connectivity index (χ3n) is 10.9. The van der Waals surface area contributed by atoms with Crippen LogP contribution in [-0.4, -0.2) is 19.3 Å². The van der Waals surface area contributed by atoms with Crippen LogP contribution >= 0.6 is 0 Å². The maximum absolute atomic E-state index is 14.7. The fourth-order valence-corrected chi connectivity index (χ4v) is 8.64. The lowest BCUT2D eigenvalue weighted by Crippen LogP contribution is -2.37. The summed E-state index contributed by atoms with van der Waals surface area (Å²) in [5.74, 6) is 3.42. The highest BCUT2D eigenvalue weighted by atomic mass is 19.2. The van der Waals surface area contributed by atoms with Gasteiger partial charge in [-0.05, 0) is 157 Å². The Bertz CT molecular complexity index is 897. The van der Waals surface area contributed by atoms with E-state index < -0.39 is 11.6 Å². The molecule has 0 radical (unpaired) electrons. The molecular formula is C34H50F2O2. The van der Waals surface area contributed by atoms with Crippen molar-refractivity contribution in [1.82, 2.24) is 0 Å². The van der Waals surface area contributed by atoms with Crippen LogP contribution in [0.2, 0.25) is 0 Å². The Balaban J connectivity index is 1.03. The van der Waals surface area contributed by atoms with Gasteiger partial charge in [-0.15, -0.1) is 0 Å². The van der Waals surface area contributed by atoms with E-state index in [2.05, 4.69) is 19.1 Å². The van der Waals surface area contributed by atoms with Gasteiger partial charge in [0.1, 0.15) is 0 Å². The van der Waals surface area contributed by atoms with Gasteiger partial charge in [0.15, 0.2) is 11.6 Å². The van der Waals surface area contributed by atoms with Crippen LogP contribution in [0.5, 0.6) is 5.75 Å². The van der Waals surface area contributed by atoms with Crippen LogP contribution in [0.1, 0.15) is 115 Å². The summed E-state index contributed by atoms with van der Waals surface area (Å²) in [6.45, 7) is 5.18. The summed E-state index contributed by atoms with van der Waals surface area (Å²) in [6.07, 6.45) is 22.9. The van der Waals surface area contributed by atoms with Crippen molar-refractivity contribution in [2.45, 2.75) is 116 Å². The minimum Gasteiger partial charge on any atom is -0.491 e. The molecule has 1 aromatic rings. The molecule has 1 aliphatic heterocycles. The van der Waals surface area contributed by atoms with E-state index in [1.165, 1.54) is 64.2 Å². The van der Waals surface area contributed by atoms with Crippen LogP contribution in [0.25, 0.3) is 0 Å². The summed E-state index contributed by atoms with van der Waals surface area (Å²) in [4.78, 5) is 0. The monoisotopic (exact) mass is 528 g/mol. The summed E-state index contributed by atoms with van der Waals surface area (Å²) in [5, 5.41) is 0. The average molecular weight is 529 g/mol. The minimum absolute atomic E-state index is 0.0250. The molecule has 3 aliphatic carbocycles. The molecule has 1 saturated heterocycles. The zero-order valence-electron chi connectivity index (χ0n) is 23.8. The van der Waals surface area contributed by atoms with Gasteiger partial charge < -0.3 is 9.47 Å². The molecule has 2 unspecified atom stereocenters. The van der Waals surface area contributed by atoms with Crippen molar-refractivity contribution >= 4 is 0 Å². The van der Waals surface area contributed by atoms with Crippen molar-refractivity contribution in [1.29, 1.82) is 0 Å². The van der Waals surface area contributed by atoms with Gasteiger partial charge in [0.05, 0.1) is 19.3 Å². The molecule has 2 atom stereocenters. The second kappa shape index (κ2) is 13.3. The van der Waals surface area contributed by atoms with Crippen LogP contribution in [0.4, 0.5) is 8.78 Å². The van der Waals surface area contributed by atoms with Gasteiger partial charge in [0.25, 0.3) is 0 Å². The molecule has 0 bridgehead atoms. The van der Waals surface area contributed by atoms with Crippen LogP contribution < -0.4 is 4.74 Å². The largest absolute Gasteiger partial charge is 0.491 e. The molecule has 1 heterocycles. The Labute approximate surface area is 229 Å². The number of halogens is 2. The molecule has 1 aromatic carbocycles. The van der Waals surface area contributed by atoms with Crippen molar-refractivity contribution in [2.75, 3.05) is 13.2 Å². The first-order valence-corrected chi connectivity index (χ1v) is 15.9. The second-order valence-corrected chi connectivity index (χ2v) is 12.9. The van der Waals surface area contributed by atoms with E-state index >= 15 is 0 Å². The molecule has 4 aliphatic rings. The SMILES string of the molecule is C/C=C/C1CCC(C2CCC(C3CCC(C4CCC(c5ccc(OCC)c(F)c5F)CC4)CO3)CC2)CC1. The highest BCUT2D eigenvalue weighted by Gasteiger charge is 2.37. The molecule has 0 amide bonds. The third-order valence-corrected chi connectivity index (χ3v) is 10.9. The van der Waals surface area contributed by atoms with E-state index in [-0.39, 0.29) is 11.7 Å². The van der Waals surface area contributed by atoms with Gasteiger partial charge in [0.2, 0.25) is 5.82 Å². The minimum atomic E-state index is -0.830. The average Bonchev–Trinajstić information content (AvgIpc) is 2.97. The molecule has 0 aromatic heterocycles. The van der Waals surface area contributed by atoms with E-state index in [4.69, 9.17) is 9.47 Å². The molecule has 4 fully saturated rings. The third kappa shape index (κ3) is 6.48. The van der Waals surface area contributed by atoms with E-state index in [0.717, 1.165) is 56.0 Å². The summed E-state index contributed by atoms with van der Waals surface area (Å²) in [6, 6.07) is 3.34. The summed E-state index contributed by atoms with van der Waals surface area (Å²) >= 11 is 0. The van der Waals surface area contributed by atoms with E-state index in [1.54, 1.807) is 19.1 Å². The lowest BCUT2D eigenvalue weighted by Gasteiger charge is -2.43. The molecule has 0 N–H and O–H groups in total. The fraction of sp³-hybridized carbons (Fsp3) is 0.765. The Morgan fingerprint density at radius 1 is 0.737 bits per heavy atom. The highest BCUT2D eigenvalue weighted by Crippen LogP contribution is 2.46. The lowest BCUT2D eigenvalue weighted by molar-refractivity contribution is -0.0749. The molecule has 0 spiro atoms. The van der Waals surface area contributed by atoms with Crippen LogP contribution in [0.3, 0.4) is 0 Å². The summed E-state index contributed by atoms with van der Waals surface area (Å²) in [5.41, 5.74) is 0.533. The van der Waals surface area contributed by atoms with Gasteiger partial charge in [0, 0.05) is 0 Å². The van der Waals surface area contributed by atoms with Crippen LogP contribution in [-0.2, 0) is 4.74 Å². The van der Waals surface area contributed by atoms with E-state index in [0.29, 0.717) is 30.1 Å². The number of benzene rings is 1. The fourth-order valence-electron chi connectivity index (χ4n) is 8.64. The number of rotatable bonds is 7. The lowest BCUT2D eigenvalue weighted by atomic mass is 9.67. The van der Waals surface area contributed by atoms with Gasteiger partial charge in [-0.25, -0.2) is 4.39 Å². The number of hydrogen-bond acceptors (Lipinski definition) is 2. The molecule has 2 nitrogen and oxygen atoms in total. The van der Waals surface area contributed by atoms with Crippen molar-refractivity contribution in [3.8, 4) is 5.75 Å². The Morgan fingerprint density at radius 3 is 1.92 bits per heavy atom. The van der Waals surface area contributed by atoms with Crippen molar-refractivity contribution < 1.29 is 18.3 Å². The molecular weight excluding hydrogens is 478 g/mol. The van der Waals surface area contributed by atoms with Gasteiger partial charge in [-0.1, -0.05) is 18.2 Å². The molecule has 5 rings (SSSR count). The van der Waals surface area contributed by atoms with Gasteiger partial charge >= 0.3 is 0 Å². The molecule has 212 valence electrons. The number of hydrogen-bond donors (Lipinski definition) is 0. The van der Waals surface area contributed by atoms with Crippen molar-refractivity contribution in [3.05, 3.63) is 41.5 Å². The maximum atomic E-state index is 14.7. The van der Waals surface area contributed by atoms with E-state index in [9.17, 15) is 8.78 Å². The van der Waals surface area contributed by atoms with E-state index in [1.807, 2.05) is 0 Å². The van der Waals surface area contributed by atoms with Crippen LogP contribution in [0.15, 0.2) is 24.3 Å². The Morgan fingerprint density at radius 2 is 1.32 bits per heavy atom. The predicted octanol–water partition coefficient (Wildman–Crippen LogP) is 9.62. The quantitative estimate of drug-likeness (QED) is 0.328. The zero-order chi connectivity index (χ0) is 26.5. The zero-order valence-corrected chi connectivity index (χ0v) is 23.8. The summed E-state index contributed by atoms with van der Waals surface area (Å²) in [7, 11) is 0. The Kier molecular flexibility index (Phi) is 9.84. The second-order valence-electron chi connectivity index (χ2n) is 12.9. The molecule has 3 saturated carbocycles. The Hall–Kier alpha value is -1.42. The number of allylic oxidation sites excluding steroid dienone is 2.